The van der Waals surface area contributed by atoms with Crippen LogP contribution in [0.5, 0.6) is 5.75 Å². The van der Waals surface area contributed by atoms with Crippen LogP contribution >= 0.6 is 0 Å². The molecule has 2 rings (SSSR count). The van der Waals surface area contributed by atoms with E-state index in [2.05, 4.69) is 11.4 Å². The number of hydrogen-bond donors (Lipinski definition) is 1. The van der Waals surface area contributed by atoms with Gasteiger partial charge in [-0.2, -0.15) is 0 Å². The van der Waals surface area contributed by atoms with Gasteiger partial charge in [-0.1, -0.05) is 12.1 Å². The van der Waals surface area contributed by atoms with Crippen LogP contribution in [0.25, 0.3) is 0 Å². The minimum Gasteiger partial charge on any atom is -0.493 e. The molecule has 3 heteroatoms. The van der Waals surface area contributed by atoms with Crippen molar-refractivity contribution in [2.75, 3.05) is 13.2 Å². The molecular weight excluding hydrogens is 178 g/mol. The molecule has 0 spiro atoms. The van der Waals surface area contributed by atoms with Gasteiger partial charge < -0.3 is 14.8 Å². The van der Waals surface area contributed by atoms with E-state index in [1.165, 1.54) is 11.1 Å². The van der Waals surface area contributed by atoms with Gasteiger partial charge in [0.25, 0.3) is 0 Å². The molecule has 0 aliphatic carbocycles. The third kappa shape index (κ3) is 1.93. The molecule has 3 nitrogen and oxygen atoms in total. The van der Waals surface area contributed by atoms with Gasteiger partial charge in [-0.3, -0.25) is 0 Å². The van der Waals surface area contributed by atoms with Crippen LogP contribution in [0.15, 0.2) is 18.2 Å². The van der Waals surface area contributed by atoms with Gasteiger partial charge >= 0.3 is 0 Å². The zero-order valence-corrected chi connectivity index (χ0v) is 7.95. The third-order valence-electron chi connectivity index (χ3n) is 2.31. The molecule has 74 valence electrons. The Morgan fingerprint density at radius 2 is 2.43 bits per heavy atom. The minimum atomic E-state index is 0.410. The molecule has 0 unspecified atom stereocenters. The molecule has 0 atom stereocenters. The van der Waals surface area contributed by atoms with Gasteiger partial charge in [-0.15, -0.1) is 0 Å². The highest BCUT2D eigenvalue weighted by atomic mass is 16.5. The molecule has 1 heterocycles. The van der Waals surface area contributed by atoms with Crippen molar-refractivity contribution in [3.63, 3.8) is 0 Å². The Kier molecular flexibility index (Phi) is 2.79. The lowest BCUT2D eigenvalue weighted by atomic mass is 10.1. The molecule has 0 amide bonds. The summed E-state index contributed by atoms with van der Waals surface area (Å²) in [6, 6.07) is 6.17. The van der Waals surface area contributed by atoms with Crippen LogP contribution in [-0.4, -0.2) is 19.4 Å². The summed E-state index contributed by atoms with van der Waals surface area (Å²) < 4.78 is 5.40. The molecule has 1 N–H and O–H groups in total. The summed E-state index contributed by atoms with van der Waals surface area (Å²) in [6.45, 7) is 1.94. The van der Waals surface area contributed by atoms with Crippen molar-refractivity contribution in [2.45, 2.75) is 13.0 Å². The lowest BCUT2D eigenvalue weighted by Gasteiger charge is -2.03. The van der Waals surface area contributed by atoms with Gasteiger partial charge in [-0.25, -0.2) is 0 Å². The number of nitrogens with one attached hydrogen (secondary N) is 1. The largest absolute Gasteiger partial charge is 0.493 e. The van der Waals surface area contributed by atoms with Crippen molar-refractivity contribution in [3.05, 3.63) is 29.3 Å². The van der Waals surface area contributed by atoms with Gasteiger partial charge in [-0.05, 0) is 17.2 Å². The van der Waals surface area contributed by atoms with Gasteiger partial charge in [0.1, 0.15) is 12.0 Å². The Bertz CT molecular complexity index is 336. The van der Waals surface area contributed by atoms with Crippen molar-refractivity contribution in [1.82, 2.24) is 5.32 Å². The highest BCUT2D eigenvalue weighted by Crippen LogP contribution is 2.25. The van der Waals surface area contributed by atoms with Crippen LogP contribution in [0.3, 0.4) is 0 Å². The number of ether oxygens (including phenoxy) is 1. The second-order valence-electron chi connectivity index (χ2n) is 3.34. The first-order valence-electron chi connectivity index (χ1n) is 4.79. The first kappa shape index (κ1) is 9.21. The smallest absolute Gasteiger partial charge is 0.133 e. The van der Waals surface area contributed by atoms with Gasteiger partial charge in [0.2, 0.25) is 0 Å². The van der Waals surface area contributed by atoms with Crippen molar-refractivity contribution in [2.24, 2.45) is 0 Å². The maximum absolute atomic E-state index is 10.1. The molecule has 1 aliphatic heterocycles. The van der Waals surface area contributed by atoms with Gasteiger partial charge in [0.15, 0.2) is 0 Å². The zero-order chi connectivity index (χ0) is 9.80. The first-order valence-corrected chi connectivity index (χ1v) is 4.79. The van der Waals surface area contributed by atoms with E-state index in [0.717, 1.165) is 31.6 Å². The number of rotatable bonds is 4. The molecule has 1 aliphatic rings. The van der Waals surface area contributed by atoms with E-state index in [-0.39, 0.29) is 0 Å². The van der Waals surface area contributed by atoms with Crippen LogP contribution in [0.2, 0.25) is 0 Å². The fourth-order valence-corrected chi connectivity index (χ4v) is 1.63. The summed E-state index contributed by atoms with van der Waals surface area (Å²) in [5.74, 6) is 1.00. The normalized spacial score (nSPS) is 13.4. The van der Waals surface area contributed by atoms with E-state index in [9.17, 15) is 4.79 Å². The summed E-state index contributed by atoms with van der Waals surface area (Å²) in [5, 5.41) is 3.03. The van der Waals surface area contributed by atoms with Crippen LogP contribution in [0, 0.1) is 0 Å². The Labute approximate surface area is 83.1 Å². The van der Waals surface area contributed by atoms with E-state index in [1.807, 2.05) is 12.1 Å². The molecule has 0 fully saturated rings. The molecule has 14 heavy (non-hydrogen) atoms. The fourth-order valence-electron chi connectivity index (χ4n) is 1.63. The Morgan fingerprint density at radius 3 is 3.29 bits per heavy atom. The second kappa shape index (κ2) is 4.24. The fraction of sp³-hybridized carbons (Fsp3) is 0.364. The molecular formula is C11H13NO2. The predicted octanol–water partition coefficient (Wildman–Crippen LogP) is 0.910. The Hall–Kier alpha value is -1.35. The van der Waals surface area contributed by atoms with E-state index in [1.54, 1.807) is 0 Å². The molecule has 0 bridgehead atoms. The molecule has 0 aromatic heterocycles. The average Bonchev–Trinajstić information content (AvgIpc) is 2.65. The quantitative estimate of drug-likeness (QED) is 0.568. The Balaban J connectivity index is 2.01. The molecule has 0 saturated heterocycles. The summed E-state index contributed by atoms with van der Waals surface area (Å²) >= 11 is 0. The van der Waals surface area contributed by atoms with E-state index in [0.29, 0.717) is 6.54 Å². The number of carbonyl (C=O) groups excluding carboxylic acids is 1. The minimum absolute atomic E-state index is 0.410. The van der Waals surface area contributed by atoms with Crippen molar-refractivity contribution in [3.8, 4) is 5.75 Å². The Morgan fingerprint density at radius 1 is 1.50 bits per heavy atom. The van der Waals surface area contributed by atoms with Gasteiger partial charge in [0, 0.05) is 13.0 Å². The number of carbonyl (C=O) groups is 1. The van der Waals surface area contributed by atoms with Crippen LogP contribution in [0.1, 0.15) is 11.1 Å². The number of fused-ring (bicyclic) bond motifs is 1. The summed E-state index contributed by atoms with van der Waals surface area (Å²) in [7, 11) is 0. The zero-order valence-electron chi connectivity index (χ0n) is 7.95. The lowest BCUT2D eigenvalue weighted by Crippen LogP contribution is -2.15. The van der Waals surface area contributed by atoms with Gasteiger partial charge in [0.05, 0.1) is 13.2 Å². The second-order valence-corrected chi connectivity index (χ2v) is 3.34. The third-order valence-corrected chi connectivity index (χ3v) is 2.31. The summed E-state index contributed by atoms with van der Waals surface area (Å²) in [6.07, 6.45) is 1.87. The highest BCUT2D eigenvalue weighted by Gasteiger charge is 2.11. The average molecular weight is 191 g/mol. The molecule has 0 radical (unpaired) electrons. The maximum Gasteiger partial charge on any atom is 0.133 e. The summed E-state index contributed by atoms with van der Waals surface area (Å²) in [4.78, 5) is 10.1. The standard InChI is InChI=1S/C11H13NO2/c13-5-4-12-8-9-1-2-11-10(7-9)3-6-14-11/h1-2,5,7,12H,3-4,6,8H2. The molecule has 1 aromatic carbocycles. The van der Waals surface area contributed by atoms with Crippen LogP contribution in [-0.2, 0) is 17.8 Å². The molecule has 1 aromatic rings. The van der Waals surface area contributed by atoms with E-state index < -0.39 is 0 Å². The maximum atomic E-state index is 10.1. The van der Waals surface area contributed by atoms with Crippen molar-refractivity contribution >= 4 is 6.29 Å². The summed E-state index contributed by atoms with van der Waals surface area (Å²) in [5.41, 5.74) is 2.48. The van der Waals surface area contributed by atoms with E-state index >= 15 is 0 Å². The van der Waals surface area contributed by atoms with Crippen molar-refractivity contribution < 1.29 is 9.53 Å². The number of hydrogen-bond acceptors (Lipinski definition) is 3. The van der Waals surface area contributed by atoms with E-state index in [4.69, 9.17) is 4.74 Å². The van der Waals surface area contributed by atoms with Crippen LogP contribution < -0.4 is 10.1 Å². The lowest BCUT2D eigenvalue weighted by molar-refractivity contribution is -0.107. The van der Waals surface area contributed by atoms with Crippen molar-refractivity contribution in [1.29, 1.82) is 0 Å². The highest BCUT2D eigenvalue weighted by molar-refractivity contribution is 5.51. The first-order chi connectivity index (χ1) is 6.90. The number of aldehydes is 1. The number of benzene rings is 1. The SMILES string of the molecule is O=CCNCc1ccc2c(c1)CCO2. The monoisotopic (exact) mass is 191 g/mol. The predicted molar refractivity (Wildman–Crippen MR) is 53.4 cm³/mol. The topological polar surface area (TPSA) is 38.3 Å². The van der Waals surface area contributed by atoms with Crippen LogP contribution in [0.4, 0.5) is 0 Å². The molecule has 0 saturated carbocycles.